The average molecular weight is 349 g/mol. The van der Waals surface area contributed by atoms with Crippen LogP contribution < -0.4 is 10.2 Å². The highest BCUT2D eigenvalue weighted by Gasteiger charge is 2.16. The Hall–Kier alpha value is -2.21. The number of anilines is 1. The van der Waals surface area contributed by atoms with Crippen LogP contribution in [-0.4, -0.2) is 29.0 Å². The zero-order valence-electron chi connectivity index (χ0n) is 13.1. The van der Waals surface area contributed by atoms with Gasteiger partial charge < -0.3 is 10.2 Å². The second-order valence-corrected chi connectivity index (χ2v) is 6.07. The second-order valence-electron chi connectivity index (χ2n) is 5.66. The number of halogens is 2. The van der Waals surface area contributed by atoms with E-state index in [1.807, 2.05) is 6.07 Å². The van der Waals surface area contributed by atoms with Gasteiger partial charge in [-0.2, -0.15) is 0 Å². The van der Waals surface area contributed by atoms with E-state index in [1.165, 1.54) is 24.6 Å². The zero-order valence-corrected chi connectivity index (χ0v) is 13.9. The standard InChI is InChI=1S/C17H18ClFN4O/c18-12-5-4-6-13(19)16(12)17(24)21-11-14-20-8-7-15(22-14)23-9-2-1-3-10-23/h4-8H,1-3,9-11H2,(H,21,24). The molecule has 0 atom stereocenters. The molecule has 0 unspecified atom stereocenters. The Morgan fingerprint density at radius 2 is 2.04 bits per heavy atom. The molecular weight excluding hydrogens is 331 g/mol. The summed E-state index contributed by atoms with van der Waals surface area (Å²) >= 11 is 5.89. The van der Waals surface area contributed by atoms with Gasteiger partial charge in [0.15, 0.2) is 0 Å². The SMILES string of the molecule is O=C(NCc1nccc(N2CCCCC2)n1)c1c(F)cccc1Cl. The minimum Gasteiger partial charge on any atom is -0.357 e. The maximum Gasteiger partial charge on any atom is 0.256 e. The van der Waals surface area contributed by atoms with Crippen LogP contribution in [0.1, 0.15) is 35.4 Å². The molecule has 1 amide bonds. The number of hydrogen-bond donors (Lipinski definition) is 1. The number of rotatable bonds is 4. The molecule has 2 aromatic rings. The van der Waals surface area contributed by atoms with Gasteiger partial charge in [0.1, 0.15) is 17.5 Å². The minimum absolute atomic E-state index is 0.0792. The fraction of sp³-hybridized carbons (Fsp3) is 0.353. The first-order valence-corrected chi connectivity index (χ1v) is 8.32. The third kappa shape index (κ3) is 3.82. The van der Waals surface area contributed by atoms with Crippen LogP contribution in [-0.2, 0) is 6.54 Å². The van der Waals surface area contributed by atoms with Crippen molar-refractivity contribution in [3.63, 3.8) is 0 Å². The van der Waals surface area contributed by atoms with E-state index in [-0.39, 0.29) is 17.1 Å². The molecule has 0 aliphatic carbocycles. The maximum absolute atomic E-state index is 13.8. The summed E-state index contributed by atoms with van der Waals surface area (Å²) < 4.78 is 13.8. The van der Waals surface area contributed by atoms with Gasteiger partial charge in [-0.15, -0.1) is 0 Å². The van der Waals surface area contributed by atoms with Crippen molar-refractivity contribution in [1.82, 2.24) is 15.3 Å². The number of carbonyl (C=O) groups is 1. The van der Waals surface area contributed by atoms with Gasteiger partial charge in [0.2, 0.25) is 0 Å². The van der Waals surface area contributed by atoms with E-state index in [1.54, 1.807) is 6.20 Å². The Morgan fingerprint density at radius 1 is 1.25 bits per heavy atom. The Morgan fingerprint density at radius 3 is 2.79 bits per heavy atom. The van der Waals surface area contributed by atoms with E-state index in [9.17, 15) is 9.18 Å². The van der Waals surface area contributed by atoms with Gasteiger partial charge in [-0.05, 0) is 37.5 Å². The average Bonchev–Trinajstić information content (AvgIpc) is 2.61. The maximum atomic E-state index is 13.8. The van der Waals surface area contributed by atoms with Gasteiger partial charge in [0.25, 0.3) is 5.91 Å². The van der Waals surface area contributed by atoms with E-state index >= 15 is 0 Å². The number of aromatic nitrogens is 2. The van der Waals surface area contributed by atoms with Crippen molar-refractivity contribution < 1.29 is 9.18 Å². The van der Waals surface area contributed by atoms with Crippen LogP contribution in [0.25, 0.3) is 0 Å². The molecule has 1 aromatic heterocycles. The van der Waals surface area contributed by atoms with Gasteiger partial charge in [-0.25, -0.2) is 14.4 Å². The molecule has 1 N–H and O–H groups in total. The number of amides is 1. The highest BCUT2D eigenvalue weighted by Crippen LogP contribution is 2.19. The number of benzene rings is 1. The lowest BCUT2D eigenvalue weighted by atomic mass is 10.1. The third-order valence-corrected chi connectivity index (χ3v) is 4.28. The van der Waals surface area contributed by atoms with Crippen molar-refractivity contribution in [2.24, 2.45) is 0 Å². The monoisotopic (exact) mass is 348 g/mol. The lowest BCUT2D eigenvalue weighted by Crippen LogP contribution is -2.31. The first-order chi connectivity index (χ1) is 11.6. The summed E-state index contributed by atoms with van der Waals surface area (Å²) in [5, 5.41) is 2.70. The van der Waals surface area contributed by atoms with Gasteiger partial charge in [0, 0.05) is 19.3 Å². The molecule has 0 bridgehead atoms. The number of nitrogens with one attached hydrogen (secondary N) is 1. The predicted octanol–water partition coefficient (Wildman–Crippen LogP) is 3.19. The molecule has 1 aromatic carbocycles. The van der Waals surface area contributed by atoms with Crippen LogP contribution in [0.4, 0.5) is 10.2 Å². The minimum atomic E-state index is -0.650. The van der Waals surface area contributed by atoms with Crippen LogP contribution in [0.3, 0.4) is 0 Å². The first kappa shape index (κ1) is 16.6. The van der Waals surface area contributed by atoms with E-state index in [0.29, 0.717) is 5.82 Å². The Kier molecular flexibility index (Phi) is 5.25. The number of piperidine rings is 1. The molecule has 126 valence electrons. The molecule has 0 spiro atoms. The van der Waals surface area contributed by atoms with Gasteiger partial charge in [0.05, 0.1) is 17.1 Å². The third-order valence-electron chi connectivity index (χ3n) is 3.97. The summed E-state index contributed by atoms with van der Waals surface area (Å²) in [5.41, 5.74) is -0.161. The topological polar surface area (TPSA) is 58.1 Å². The number of nitrogens with zero attached hydrogens (tertiary/aromatic N) is 3. The lowest BCUT2D eigenvalue weighted by molar-refractivity contribution is 0.0946. The molecule has 0 saturated carbocycles. The summed E-state index contributed by atoms with van der Waals surface area (Å²) in [6, 6.07) is 6.01. The van der Waals surface area contributed by atoms with Gasteiger partial charge >= 0.3 is 0 Å². The zero-order chi connectivity index (χ0) is 16.9. The van der Waals surface area contributed by atoms with Gasteiger partial charge in [-0.3, -0.25) is 4.79 Å². The molecule has 1 aliphatic heterocycles. The summed E-state index contributed by atoms with van der Waals surface area (Å²) in [6.07, 6.45) is 5.23. The largest absolute Gasteiger partial charge is 0.357 e. The fourth-order valence-corrected chi connectivity index (χ4v) is 2.98. The first-order valence-electron chi connectivity index (χ1n) is 7.94. The molecule has 0 radical (unpaired) electrons. The molecule has 24 heavy (non-hydrogen) atoms. The number of carbonyl (C=O) groups excluding carboxylic acids is 1. The fourth-order valence-electron chi connectivity index (χ4n) is 2.74. The van der Waals surface area contributed by atoms with Crippen molar-refractivity contribution >= 4 is 23.3 Å². The summed E-state index contributed by atoms with van der Waals surface area (Å²) in [5.74, 6) is 0.116. The summed E-state index contributed by atoms with van der Waals surface area (Å²) in [6.45, 7) is 2.08. The molecule has 1 aliphatic rings. The van der Waals surface area contributed by atoms with E-state index in [4.69, 9.17) is 11.6 Å². The Labute approximate surface area is 144 Å². The molecule has 1 fully saturated rings. The molecular formula is C17H18ClFN4O. The van der Waals surface area contributed by atoms with Crippen molar-refractivity contribution in [3.8, 4) is 0 Å². The smallest absolute Gasteiger partial charge is 0.256 e. The van der Waals surface area contributed by atoms with Crippen LogP contribution in [0.5, 0.6) is 0 Å². The Bertz CT molecular complexity index is 714. The van der Waals surface area contributed by atoms with Crippen molar-refractivity contribution in [2.75, 3.05) is 18.0 Å². The normalized spacial score (nSPS) is 14.5. The van der Waals surface area contributed by atoms with Crippen molar-refractivity contribution in [2.45, 2.75) is 25.8 Å². The summed E-state index contributed by atoms with van der Waals surface area (Å²) in [7, 11) is 0. The molecule has 1 saturated heterocycles. The highest BCUT2D eigenvalue weighted by atomic mass is 35.5. The lowest BCUT2D eigenvalue weighted by Gasteiger charge is -2.27. The Balaban J connectivity index is 1.67. The van der Waals surface area contributed by atoms with Crippen LogP contribution in [0.2, 0.25) is 5.02 Å². The van der Waals surface area contributed by atoms with Gasteiger partial charge in [-0.1, -0.05) is 17.7 Å². The van der Waals surface area contributed by atoms with Crippen LogP contribution in [0.15, 0.2) is 30.5 Å². The van der Waals surface area contributed by atoms with Crippen molar-refractivity contribution in [3.05, 3.63) is 52.7 Å². The van der Waals surface area contributed by atoms with Crippen molar-refractivity contribution in [1.29, 1.82) is 0 Å². The second kappa shape index (κ2) is 7.57. The van der Waals surface area contributed by atoms with E-state index < -0.39 is 11.7 Å². The highest BCUT2D eigenvalue weighted by molar-refractivity contribution is 6.33. The molecule has 7 heteroatoms. The van der Waals surface area contributed by atoms with E-state index in [0.717, 1.165) is 31.7 Å². The number of hydrogen-bond acceptors (Lipinski definition) is 4. The molecule has 2 heterocycles. The van der Waals surface area contributed by atoms with E-state index in [2.05, 4.69) is 20.2 Å². The predicted molar refractivity (Wildman–Crippen MR) is 90.7 cm³/mol. The molecule has 5 nitrogen and oxygen atoms in total. The van der Waals surface area contributed by atoms with Crippen LogP contribution in [0, 0.1) is 5.82 Å². The quantitative estimate of drug-likeness (QED) is 0.922. The van der Waals surface area contributed by atoms with Crippen LogP contribution >= 0.6 is 11.6 Å². The summed E-state index contributed by atoms with van der Waals surface area (Å²) in [4.78, 5) is 23.0. The molecule has 3 rings (SSSR count).